The highest BCUT2D eigenvalue weighted by Gasteiger charge is 2.24. The lowest BCUT2D eigenvalue weighted by atomic mass is 10.1. The summed E-state index contributed by atoms with van der Waals surface area (Å²) in [5.74, 6) is 1.66. The van der Waals surface area contributed by atoms with Gasteiger partial charge in [0.05, 0.1) is 17.8 Å². The third-order valence-corrected chi connectivity index (χ3v) is 5.34. The van der Waals surface area contributed by atoms with Crippen molar-refractivity contribution in [1.82, 2.24) is 20.0 Å². The number of aromatic nitrogens is 3. The van der Waals surface area contributed by atoms with E-state index in [1.165, 1.54) is 31.2 Å². The summed E-state index contributed by atoms with van der Waals surface area (Å²) in [4.78, 5) is 23.5. The SMILES string of the molecule is Cc1cc(CC(=O)N2CCc3ncnc(NC4CCCC4)c3CC2)on1. The number of hydrogen-bond acceptors (Lipinski definition) is 6. The molecule has 1 aliphatic carbocycles. The molecule has 3 heterocycles. The zero-order valence-corrected chi connectivity index (χ0v) is 15.2. The second-order valence-corrected chi connectivity index (χ2v) is 7.27. The summed E-state index contributed by atoms with van der Waals surface area (Å²) in [6.07, 6.45) is 8.44. The van der Waals surface area contributed by atoms with Crippen molar-refractivity contribution in [3.05, 3.63) is 35.1 Å². The summed E-state index contributed by atoms with van der Waals surface area (Å²) < 4.78 is 5.18. The molecule has 26 heavy (non-hydrogen) atoms. The summed E-state index contributed by atoms with van der Waals surface area (Å²) in [5.41, 5.74) is 3.03. The quantitative estimate of drug-likeness (QED) is 0.906. The van der Waals surface area contributed by atoms with Gasteiger partial charge in [-0.05, 0) is 26.2 Å². The van der Waals surface area contributed by atoms with Gasteiger partial charge in [0.25, 0.3) is 0 Å². The highest BCUT2D eigenvalue weighted by molar-refractivity contribution is 5.78. The first-order chi connectivity index (χ1) is 12.7. The molecule has 0 unspecified atom stereocenters. The number of carbonyl (C=O) groups excluding carboxylic acids is 1. The second kappa shape index (κ2) is 7.43. The Hall–Kier alpha value is -2.44. The minimum Gasteiger partial charge on any atom is -0.367 e. The Bertz CT molecular complexity index is 782. The predicted octanol–water partition coefficient (Wildman–Crippen LogP) is 2.30. The van der Waals surface area contributed by atoms with Crippen LogP contribution in [0.2, 0.25) is 0 Å². The molecule has 1 amide bonds. The first-order valence-electron chi connectivity index (χ1n) is 9.48. The van der Waals surface area contributed by atoms with E-state index in [0.717, 1.165) is 30.0 Å². The zero-order chi connectivity index (χ0) is 17.9. The Morgan fingerprint density at radius 1 is 1.27 bits per heavy atom. The molecule has 2 aromatic heterocycles. The Labute approximate surface area is 153 Å². The summed E-state index contributed by atoms with van der Waals surface area (Å²) in [5, 5.41) is 7.46. The monoisotopic (exact) mass is 355 g/mol. The van der Waals surface area contributed by atoms with Crippen LogP contribution in [0.3, 0.4) is 0 Å². The van der Waals surface area contributed by atoms with Gasteiger partial charge in [-0.3, -0.25) is 4.79 Å². The third-order valence-electron chi connectivity index (χ3n) is 5.34. The van der Waals surface area contributed by atoms with Crippen LogP contribution in [0.1, 0.15) is 48.4 Å². The lowest BCUT2D eigenvalue weighted by molar-refractivity contribution is -0.130. The first-order valence-corrected chi connectivity index (χ1v) is 9.48. The zero-order valence-electron chi connectivity index (χ0n) is 15.2. The van der Waals surface area contributed by atoms with Crippen molar-refractivity contribution in [3.63, 3.8) is 0 Å². The molecular formula is C19H25N5O2. The lowest BCUT2D eigenvalue weighted by Gasteiger charge is -2.19. The van der Waals surface area contributed by atoms with Crippen molar-refractivity contribution in [2.75, 3.05) is 18.4 Å². The average molecular weight is 355 g/mol. The molecule has 0 radical (unpaired) electrons. The van der Waals surface area contributed by atoms with Gasteiger partial charge in [-0.1, -0.05) is 18.0 Å². The first kappa shape index (κ1) is 17.0. The van der Waals surface area contributed by atoms with E-state index in [1.54, 1.807) is 6.33 Å². The topological polar surface area (TPSA) is 84.2 Å². The number of aryl methyl sites for hydroxylation is 1. The number of fused-ring (bicyclic) bond motifs is 1. The highest BCUT2D eigenvalue weighted by atomic mass is 16.5. The maximum Gasteiger partial charge on any atom is 0.230 e. The third kappa shape index (κ3) is 3.71. The normalized spacial score (nSPS) is 17.8. The van der Waals surface area contributed by atoms with Crippen molar-refractivity contribution in [1.29, 1.82) is 0 Å². The molecule has 0 saturated heterocycles. The van der Waals surface area contributed by atoms with Gasteiger partial charge in [0.2, 0.25) is 5.91 Å². The van der Waals surface area contributed by atoms with E-state index in [9.17, 15) is 4.79 Å². The number of anilines is 1. The van der Waals surface area contributed by atoms with Crippen molar-refractivity contribution in [2.24, 2.45) is 0 Å². The number of nitrogens with zero attached hydrogens (tertiary/aromatic N) is 4. The minimum absolute atomic E-state index is 0.0761. The number of rotatable bonds is 4. The fourth-order valence-corrected chi connectivity index (χ4v) is 3.92. The van der Waals surface area contributed by atoms with E-state index in [-0.39, 0.29) is 12.3 Å². The van der Waals surface area contributed by atoms with Gasteiger partial charge in [0.1, 0.15) is 17.9 Å². The number of carbonyl (C=O) groups is 1. The molecule has 0 atom stereocenters. The maximum absolute atomic E-state index is 12.6. The van der Waals surface area contributed by atoms with Crippen LogP contribution in [-0.2, 0) is 24.1 Å². The van der Waals surface area contributed by atoms with E-state index < -0.39 is 0 Å². The summed E-state index contributed by atoms with van der Waals surface area (Å²) in [6.45, 7) is 3.22. The van der Waals surface area contributed by atoms with Crippen molar-refractivity contribution in [2.45, 2.75) is 57.9 Å². The van der Waals surface area contributed by atoms with Gasteiger partial charge in [-0.15, -0.1) is 0 Å². The summed E-state index contributed by atoms with van der Waals surface area (Å²) >= 11 is 0. The molecule has 4 rings (SSSR count). The van der Waals surface area contributed by atoms with Gasteiger partial charge in [-0.2, -0.15) is 0 Å². The van der Waals surface area contributed by atoms with Crippen LogP contribution >= 0.6 is 0 Å². The Morgan fingerprint density at radius 3 is 2.85 bits per heavy atom. The van der Waals surface area contributed by atoms with Gasteiger partial charge < -0.3 is 14.7 Å². The molecule has 7 nitrogen and oxygen atoms in total. The van der Waals surface area contributed by atoms with E-state index >= 15 is 0 Å². The van der Waals surface area contributed by atoms with E-state index in [1.807, 2.05) is 17.9 Å². The van der Waals surface area contributed by atoms with Gasteiger partial charge in [-0.25, -0.2) is 9.97 Å². The minimum atomic E-state index is 0.0761. The molecule has 1 saturated carbocycles. The van der Waals surface area contributed by atoms with Gasteiger partial charge in [0.15, 0.2) is 0 Å². The smallest absolute Gasteiger partial charge is 0.230 e. The van der Waals surface area contributed by atoms with E-state index in [0.29, 0.717) is 24.9 Å². The molecule has 1 fully saturated rings. The fraction of sp³-hybridized carbons (Fsp3) is 0.579. The average Bonchev–Trinajstić information content (AvgIpc) is 3.22. The van der Waals surface area contributed by atoms with Gasteiger partial charge >= 0.3 is 0 Å². The molecule has 0 spiro atoms. The molecular weight excluding hydrogens is 330 g/mol. The number of nitrogens with one attached hydrogen (secondary N) is 1. The van der Waals surface area contributed by atoms with Crippen LogP contribution in [0.4, 0.5) is 5.82 Å². The fourth-order valence-electron chi connectivity index (χ4n) is 3.92. The standard InChI is InChI=1S/C19H25N5O2/c1-13-10-15(26-23-13)11-18(25)24-8-6-16-17(7-9-24)20-12-21-19(16)22-14-4-2-3-5-14/h10,12,14H,2-9,11H2,1H3,(H,20,21,22). The van der Waals surface area contributed by atoms with Crippen LogP contribution in [0.5, 0.6) is 0 Å². The van der Waals surface area contributed by atoms with Crippen molar-refractivity contribution < 1.29 is 9.32 Å². The van der Waals surface area contributed by atoms with E-state index in [4.69, 9.17) is 4.52 Å². The molecule has 0 bridgehead atoms. The maximum atomic E-state index is 12.6. The Balaban J connectivity index is 1.44. The van der Waals surface area contributed by atoms with Crippen LogP contribution in [-0.4, -0.2) is 45.1 Å². The largest absolute Gasteiger partial charge is 0.367 e. The van der Waals surface area contributed by atoms with Crippen molar-refractivity contribution >= 4 is 11.7 Å². The van der Waals surface area contributed by atoms with Crippen LogP contribution in [0, 0.1) is 6.92 Å². The van der Waals surface area contributed by atoms with E-state index in [2.05, 4.69) is 20.4 Å². The molecule has 2 aliphatic rings. The van der Waals surface area contributed by atoms with Crippen LogP contribution in [0.25, 0.3) is 0 Å². The molecule has 7 heteroatoms. The summed E-state index contributed by atoms with van der Waals surface area (Å²) in [7, 11) is 0. The molecule has 1 aliphatic heterocycles. The van der Waals surface area contributed by atoms with Gasteiger partial charge in [0, 0.05) is 37.2 Å². The van der Waals surface area contributed by atoms with Crippen molar-refractivity contribution in [3.8, 4) is 0 Å². The molecule has 0 aromatic carbocycles. The van der Waals surface area contributed by atoms with Crippen LogP contribution in [0.15, 0.2) is 16.9 Å². The number of amides is 1. The second-order valence-electron chi connectivity index (χ2n) is 7.27. The Morgan fingerprint density at radius 2 is 2.08 bits per heavy atom. The highest BCUT2D eigenvalue weighted by Crippen LogP contribution is 2.26. The molecule has 1 N–H and O–H groups in total. The Kier molecular flexibility index (Phi) is 4.86. The predicted molar refractivity (Wildman–Crippen MR) is 96.8 cm³/mol. The van der Waals surface area contributed by atoms with Crippen LogP contribution < -0.4 is 5.32 Å². The molecule has 138 valence electrons. The molecule has 2 aromatic rings. The lowest BCUT2D eigenvalue weighted by Crippen LogP contribution is -2.34. The summed E-state index contributed by atoms with van der Waals surface area (Å²) in [6, 6.07) is 2.34. The number of hydrogen-bond donors (Lipinski definition) is 1.